The number of carboxylic acids is 3. The molecule has 4 heterocycles. The number of nitrogens with two attached hydrogens (primary N) is 1. The van der Waals surface area contributed by atoms with E-state index in [-0.39, 0.29) is 11.5 Å². The molecule has 4 aliphatic heterocycles. The standard InChI is InChI=1S/C40H50N4O6Si.2C2HF3O2/c41-12-18-48-20-22-50-23-21-49-19-13-42-39(45)29-6-9-32(40(46)47)35(26-29)38-33-10-7-30(43-14-4-15-43)27-36(33)51(24-2-1-3-25-51)37-28-31(8-11-34(37)38)44-16-5-17-44;2*3-2(4,5)1(6)7/h6-11,26-28H,1-5,12-25,41H2,(H-,42,45,46,47);2*(H,6,7). The summed E-state index contributed by atoms with van der Waals surface area (Å²) in [5, 5.41) is 32.3. The van der Waals surface area contributed by atoms with Gasteiger partial charge in [0.1, 0.15) is 27.1 Å². The molecule has 0 unspecified atom stereocenters. The number of carboxylic acid groups (broad SMARTS) is 3. The second kappa shape index (κ2) is 22.7. The van der Waals surface area contributed by atoms with Crippen LogP contribution in [0.15, 0.2) is 65.4 Å². The van der Waals surface area contributed by atoms with Gasteiger partial charge in [-0.25, -0.2) is 14.2 Å². The molecule has 1 aliphatic carbocycles. The Morgan fingerprint density at radius 1 is 0.785 bits per heavy atom. The number of allylic oxidation sites excluding steroid dienone is 5. The van der Waals surface area contributed by atoms with Crippen LogP contribution in [0.2, 0.25) is 12.1 Å². The number of carbonyl (C=O) groups excluding carboxylic acids is 2. The molecule has 2 aromatic carbocycles. The number of benzene rings is 2. The van der Waals surface area contributed by atoms with Gasteiger partial charge in [-0.05, 0) is 87.6 Å². The van der Waals surface area contributed by atoms with Gasteiger partial charge in [-0.2, -0.15) is 26.3 Å². The minimum atomic E-state index is -5.19. The normalized spacial score (nSPS) is 17.3. The van der Waals surface area contributed by atoms with E-state index in [4.69, 9.17) is 39.7 Å². The molecule has 354 valence electrons. The van der Waals surface area contributed by atoms with Gasteiger partial charge in [0.15, 0.2) is 5.71 Å². The second-order valence-electron chi connectivity index (χ2n) is 15.7. The van der Waals surface area contributed by atoms with Crippen LogP contribution in [0.1, 0.15) is 63.9 Å². The maximum absolute atomic E-state index is 13.5. The van der Waals surface area contributed by atoms with Gasteiger partial charge in [0.25, 0.3) is 5.91 Å². The van der Waals surface area contributed by atoms with Crippen LogP contribution >= 0.6 is 0 Å². The minimum absolute atomic E-state index is 0.204. The van der Waals surface area contributed by atoms with E-state index >= 15 is 0 Å². The molecule has 1 spiro atoms. The molecule has 5 aliphatic rings. The van der Waals surface area contributed by atoms with Gasteiger partial charge in [-0.3, -0.25) is 4.79 Å². The van der Waals surface area contributed by atoms with Gasteiger partial charge in [-0.15, -0.1) is 0 Å². The quantitative estimate of drug-likeness (QED) is 0.0872. The molecule has 0 atom stereocenters. The van der Waals surface area contributed by atoms with Crippen molar-refractivity contribution in [1.82, 2.24) is 5.32 Å². The third-order valence-electron chi connectivity index (χ3n) is 11.5. The molecule has 65 heavy (non-hydrogen) atoms. The number of rotatable bonds is 15. The van der Waals surface area contributed by atoms with Crippen molar-refractivity contribution in [3.63, 3.8) is 0 Å². The first kappa shape index (κ1) is 50.6. The fourth-order valence-electron chi connectivity index (χ4n) is 8.15. The van der Waals surface area contributed by atoms with Gasteiger partial charge in [0.2, 0.25) is 0 Å². The first-order valence-electron chi connectivity index (χ1n) is 21.2. The van der Waals surface area contributed by atoms with Crippen LogP contribution in [-0.4, -0.2) is 144 Å². The monoisotopic (exact) mass is 938 g/mol. The Morgan fingerprint density at radius 2 is 1.40 bits per heavy atom. The summed E-state index contributed by atoms with van der Waals surface area (Å²) in [4.78, 5) is 46.5. The van der Waals surface area contributed by atoms with Crippen LogP contribution in [0.25, 0.3) is 5.57 Å². The van der Waals surface area contributed by atoms with Gasteiger partial charge in [0.05, 0.1) is 51.6 Å². The van der Waals surface area contributed by atoms with Crippen LogP contribution in [0.3, 0.4) is 0 Å². The number of nitrogens with zero attached hydrogens (tertiary/aromatic N) is 2. The van der Waals surface area contributed by atoms with Crippen molar-refractivity contribution in [2.75, 3.05) is 83.8 Å². The molecule has 3 fully saturated rings. The minimum Gasteiger partial charge on any atom is -0.542 e. The predicted molar refractivity (Wildman–Crippen MR) is 227 cm³/mol. The Hall–Kier alpha value is -5.35. The number of alkyl halides is 6. The Morgan fingerprint density at radius 3 is 1.92 bits per heavy atom. The molecule has 2 aromatic rings. The fraction of sp³-hybridized carbons (Fsp3) is 0.477. The molecule has 3 saturated heterocycles. The first-order chi connectivity index (χ1) is 30.9. The molecular weight excluding hydrogens is 887 g/mol. The molecule has 7 rings (SSSR count). The fourth-order valence-corrected chi connectivity index (χ4v) is 13.8. The van der Waals surface area contributed by atoms with Crippen LogP contribution < -0.4 is 26.2 Å². The zero-order valence-corrected chi connectivity index (χ0v) is 36.5. The van der Waals surface area contributed by atoms with E-state index in [1.165, 1.54) is 66.0 Å². The molecule has 0 radical (unpaired) electrons. The molecule has 0 aromatic heterocycles. The topological polar surface area (TPSA) is 204 Å². The lowest BCUT2D eigenvalue weighted by Gasteiger charge is -2.45. The number of carbonyl (C=O) groups is 4. The highest BCUT2D eigenvalue weighted by molar-refractivity contribution is 7.00. The number of halogens is 6. The highest BCUT2D eigenvalue weighted by Gasteiger charge is 2.48. The van der Waals surface area contributed by atoms with Crippen LogP contribution in [-0.2, 0) is 23.8 Å². The summed E-state index contributed by atoms with van der Waals surface area (Å²) in [6.07, 6.45) is 2.78. The SMILES string of the molecule is NCCOCCOCCOCCNC(=O)c1ccc(C(=O)O)c(C2=C3C=CC(=[N+]4CCC4)C=C3[Si]3(CCCCC3)c3cc(N4CCC4)ccc32)c1.O=C(O)C(F)(F)F.O=C([O-])C(F)(F)F. The molecule has 5 N–H and O–H groups in total. The zero-order chi connectivity index (χ0) is 47.4. The number of fused-ring (bicyclic) bond motifs is 4. The number of aromatic carboxylic acids is 1. The average molecular weight is 939 g/mol. The van der Waals surface area contributed by atoms with E-state index in [1.54, 1.807) is 18.2 Å². The van der Waals surface area contributed by atoms with Crippen LogP contribution in [0.4, 0.5) is 32.0 Å². The summed E-state index contributed by atoms with van der Waals surface area (Å²) in [6.45, 7) is 7.77. The number of amides is 1. The Kier molecular flexibility index (Phi) is 17.7. The lowest BCUT2D eigenvalue weighted by Crippen LogP contribution is -2.56. The number of ether oxygens (including phenoxy) is 3. The molecule has 0 bridgehead atoms. The zero-order valence-electron chi connectivity index (χ0n) is 35.5. The number of nitrogens with one attached hydrogen (secondary N) is 1. The van der Waals surface area contributed by atoms with E-state index in [0.29, 0.717) is 63.9 Å². The number of anilines is 1. The van der Waals surface area contributed by atoms with Crippen molar-refractivity contribution in [3.8, 4) is 0 Å². The average Bonchev–Trinajstić information content (AvgIpc) is 3.22. The van der Waals surface area contributed by atoms with E-state index < -0.39 is 38.3 Å². The summed E-state index contributed by atoms with van der Waals surface area (Å²) in [5.41, 5.74) is 12.4. The summed E-state index contributed by atoms with van der Waals surface area (Å²) >= 11 is 0. The molecule has 21 heteroatoms. The van der Waals surface area contributed by atoms with E-state index in [2.05, 4.69) is 51.2 Å². The van der Waals surface area contributed by atoms with Crippen molar-refractivity contribution in [3.05, 3.63) is 87.6 Å². The van der Waals surface area contributed by atoms with Crippen molar-refractivity contribution in [1.29, 1.82) is 0 Å². The second-order valence-corrected chi connectivity index (χ2v) is 19.9. The maximum atomic E-state index is 13.5. The Bertz CT molecular complexity index is 2170. The Balaban J connectivity index is 0.000000492. The number of hydrogen-bond donors (Lipinski definition) is 4. The van der Waals surface area contributed by atoms with E-state index in [9.17, 15) is 41.0 Å². The van der Waals surface area contributed by atoms with Gasteiger partial charge < -0.3 is 50.3 Å². The summed E-state index contributed by atoms with van der Waals surface area (Å²) in [6, 6.07) is 14.3. The van der Waals surface area contributed by atoms with Crippen molar-refractivity contribution < 1.29 is 79.6 Å². The number of aliphatic carboxylic acids is 2. The van der Waals surface area contributed by atoms with E-state index in [1.807, 2.05) is 0 Å². The van der Waals surface area contributed by atoms with Gasteiger partial charge in [0, 0.05) is 49.6 Å². The van der Waals surface area contributed by atoms with Crippen molar-refractivity contribution >= 4 is 54.0 Å². The molecule has 1 amide bonds. The van der Waals surface area contributed by atoms with E-state index in [0.717, 1.165) is 42.9 Å². The predicted octanol–water partition coefficient (Wildman–Crippen LogP) is 3.81. The molecule has 0 saturated carbocycles. The molecule has 14 nitrogen and oxygen atoms in total. The van der Waals surface area contributed by atoms with Gasteiger partial charge >= 0.3 is 24.3 Å². The highest BCUT2D eigenvalue weighted by atomic mass is 28.3. The third kappa shape index (κ3) is 12.9. The molecular formula is C44H52F6N4O10Si. The lowest BCUT2D eigenvalue weighted by atomic mass is 9.86. The van der Waals surface area contributed by atoms with Crippen molar-refractivity contribution in [2.24, 2.45) is 5.73 Å². The smallest absolute Gasteiger partial charge is 0.490 e. The highest BCUT2D eigenvalue weighted by Crippen LogP contribution is 2.48. The van der Waals surface area contributed by atoms with Crippen LogP contribution in [0, 0.1) is 0 Å². The van der Waals surface area contributed by atoms with Gasteiger partial charge in [-0.1, -0.05) is 25.3 Å². The summed E-state index contributed by atoms with van der Waals surface area (Å²) in [7, 11) is -2.17. The number of hydrogen-bond acceptors (Lipinski definition) is 10. The summed E-state index contributed by atoms with van der Waals surface area (Å²) < 4.78 is 82.2. The Labute approximate surface area is 372 Å². The van der Waals surface area contributed by atoms with Crippen LogP contribution in [0.5, 0.6) is 0 Å². The summed E-state index contributed by atoms with van der Waals surface area (Å²) in [5.74, 6) is -7.03. The first-order valence-corrected chi connectivity index (χ1v) is 23.6. The third-order valence-corrected chi connectivity index (χ3v) is 16.8. The lowest BCUT2D eigenvalue weighted by molar-refractivity contribution is -0.582. The maximum Gasteiger partial charge on any atom is 0.490 e. The largest absolute Gasteiger partial charge is 0.542 e. The van der Waals surface area contributed by atoms with Crippen molar-refractivity contribution in [2.45, 2.75) is 56.5 Å².